The summed E-state index contributed by atoms with van der Waals surface area (Å²) in [5, 5.41) is 2.69. The van der Waals surface area contributed by atoms with E-state index in [1.54, 1.807) is 12.1 Å². The molecule has 1 aliphatic heterocycles. The smallest absolute Gasteiger partial charge is 0.251 e. The lowest BCUT2D eigenvalue weighted by molar-refractivity contribution is -0.130. The fourth-order valence-electron chi connectivity index (χ4n) is 3.80. The first-order chi connectivity index (χ1) is 11.5. The van der Waals surface area contributed by atoms with Crippen LogP contribution in [0.2, 0.25) is 0 Å². The molecule has 0 radical (unpaired) electrons. The number of nitrogens with one attached hydrogen (secondary N) is 1. The first-order valence-electron chi connectivity index (χ1n) is 8.57. The predicted molar refractivity (Wildman–Crippen MR) is 90.9 cm³/mol. The molecule has 1 unspecified atom stereocenters. The lowest BCUT2D eigenvalue weighted by atomic mass is 9.88. The van der Waals surface area contributed by atoms with Crippen molar-refractivity contribution in [2.45, 2.75) is 58.0 Å². The Morgan fingerprint density at radius 2 is 2.17 bits per heavy atom. The summed E-state index contributed by atoms with van der Waals surface area (Å²) in [4.78, 5) is 27.0. The van der Waals surface area contributed by atoms with Crippen LogP contribution in [0.5, 0.6) is 0 Å². The monoisotopic (exact) mass is 330 g/mol. The van der Waals surface area contributed by atoms with Crippen molar-refractivity contribution in [2.24, 2.45) is 0 Å². The van der Waals surface area contributed by atoms with Gasteiger partial charge in [0.15, 0.2) is 0 Å². The Hall–Kier alpha value is -2.17. The van der Waals surface area contributed by atoms with Gasteiger partial charge in [-0.05, 0) is 56.9 Å². The number of hydrogen-bond acceptors (Lipinski definition) is 2. The summed E-state index contributed by atoms with van der Waals surface area (Å²) in [5.74, 6) is -0.683. The molecule has 0 saturated heterocycles. The van der Waals surface area contributed by atoms with Gasteiger partial charge in [-0.1, -0.05) is 12.5 Å². The zero-order chi connectivity index (χ0) is 17.3. The molecular weight excluding hydrogens is 307 g/mol. The molecule has 1 aromatic rings. The SMILES string of the molecule is CC(C)N1C(=O)C(CC(=O)Nc2cccc(F)c2)=C2CCCCC21. The Morgan fingerprint density at radius 1 is 1.38 bits per heavy atom. The number of nitrogens with zero attached hydrogens (tertiary/aromatic N) is 1. The van der Waals surface area contributed by atoms with E-state index in [4.69, 9.17) is 0 Å². The maximum atomic E-state index is 13.2. The quantitative estimate of drug-likeness (QED) is 0.916. The lowest BCUT2D eigenvalue weighted by Crippen LogP contribution is -2.41. The van der Waals surface area contributed by atoms with E-state index >= 15 is 0 Å². The maximum Gasteiger partial charge on any atom is 0.251 e. The Labute approximate surface area is 141 Å². The summed E-state index contributed by atoms with van der Waals surface area (Å²) in [5.41, 5.74) is 2.19. The number of anilines is 1. The van der Waals surface area contributed by atoms with Crippen LogP contribution in [-0.2, 0) is 9.59 Å². The summed E-state index contributed by atoms with van der Waals surface area (Å²) in [6.45, 7) is 4.03. The molecule has 0 aromatic heterocycles. The van der Waals surface area contributed by atoms with E-state index in [1.165, 1.54) is 12.1 Å². The van der Waals surface area contributed by atoms with Crippen LogP contribution in [0, 0.1) is 5.82 Å². The van der Waals surface area contributed by atoms with Crippen molar-refractivity contribution in [3.05, 3.63) is 41.2 Å². The van der Waals surface area contributed by atoms with Gasteiger partial charge in [-0.15, -0.1) is 0 Å². The molecule has 128 valence electrons. The highest BCUT2D eigenvalue weighted by molar-refractivity contribution is 6.05. The first-order valence-corrected chi connectivity index (χ1v) is 8.57. The summed E-state index contributed by atoms with van der Waals surface area (Å²) in [6.07, 6.45) is 4.12. The number of amides is 2. The molecule has 1 atom stereocenters. The molecule has 5 heteroatoms. The van der Waals surface area contributed by atoms with Crippen LogP contribution < -0.4 is 5.32 Å². The highest BCUT2D eigenvalue weighted by Gasteiger charge is 2.41. The molecule has 2 aliphatic rings. The van der Waals surface area contributed by atoms with Crippen molar-refractivity contribution in [2.75, 3.05) is 5.32 Å². The van der Waals surface area contributed by atoms with Gasteiger partial charge in [0.05, 0.1) is 12.5 Å². The molecule has 1 heterocycles. The van der Waals surface area contributed by atoms with Gasteiger partial charge in [0, 0.05) is 17.3 Å². The Morgan fingerprint density at radius 3 is 2.88 bits per heavy atom. The standard InChI is InChI=1S/C19H23FN2O2/c1-12(2)22-17-9-4-3-8-15(17)16(19(22)24)11-18(23)21-14-7-5-6-13(20)10-14/h5-7,10,12,17H,3-4,8-9,11H2,1-2H3,(H,21,23). The van der Waals surface area contributed by atoms with Crippen molar-refractivity contribution >= 4 is 17.5 Å². The van der Waals surface area contributed by atoms with Crippen molar-refractivity contribution in [3.63, 3.8) is 0 Å². The molecule has 24 heavy (non-hydrogen) atoms. The predicted octanol–water partition coefficient (Wildman–Crippen LogP) is 3.64. The Kier molecular flexibility index (Phi) is 4.69. The number of halogens is 1. The Balaban J connectivity index is 1.77. The topological polar surface area (TPSA) is 49.4 Å². The molecule has 0 spiro atoms. The van der Waals surface area contributed by atoms with Gasteiger partial charge < -0.3 is 10.2 Å². The molecule has 0 bridgehead atoms. The van der Waals surface area contributed by atoms with Crippen molar-refractivity contribution < 1.29 is 14.0 Å². The maximum absolute atomic E-state index is 13.2. The zero-order valence-electron chi connectivity index (χ0n) is 14.1. The molecule has 4 nitrogen and oxygen atoms in total. The van der Waals surface area contributed by atoms with Crippen LogP contribution in [0.4, 0.5) is 10.1 Å². The first kappa shape index (κ1) is 16.7. The van der Waals surface area contributed by atoms with Gasteiger partial charge in [0.2, 0.25) is 5.91 Å². The minimum Gasteiger partial charge on any atom is -0.330 e. The fraction of sp³-hybridized carbons (Fsp3) is 0.474. The third-order valence-electron chi connectivity index (χ3n) is 4.79. The molecule has 1 N–H and O–H groups in total. The van der Waals surface area contributed by atoms with Crippen LogP contribution in [0.1, 0.15) is 46.0 Å². The number of hydrogen-bond donors (Lipinski definition) is 1. The third-order valence-corrected chi connectivity index (χ3v) is 4.79. The van der Waals surface area contributed by atoms with Crippen LogP contribution in [-0.4, -0.2) is 28.8 Å². The van der Waals surface area contributed by atoms with Crippen LogP contribution in [0.25, 0.3) is 0 Å². The highest BCUT2D eigenvalue weighted by atomic mass is 19.1. The van der Waals surface area contributed by atoms with E-state index in [1.807, 2.05) is 18.7 Å². The average Bonchev–Trinajstić information content (AvgIpc) is 2.80. The number of carbonyl (C=O) groups is 2. The number of fused-ring (bicyclic) bond motifs is 1. The van der Waals surface area contributed by atoms with Gasteiger partial charge >= 0.3 is 0 Å². The van der Waals surface area contributed by atoms with Gasteiger partial charge in [0.25, 0.3) is 5.91 Å². The van der Waals surface area contributed by atoms with Gasteiger partial charge in [-0.2, -0.15) is 0 Å². The second-order valence-electron chi connectivity index (χ2n) is 6.81. The molecular formula is C19H23FN2O2. The average molecular weight is 330 g/mol. The van der Waals surface area contributed by atoms with E-state index in [9.17, 15) is 14.0 Å². The van der Waals surface area contributed by atoms with Gasteiger partial charge in [-0.25, -0.2) is 4.39 Å². The fourth-order valence-corrected chi connectivity index (χ4v) is 3.80. The normalized spacial score (nSPS) is 20.6. The minimum atomic E-state index is -0.398. The molecule has 1 fully saturated rings. The van der Waals surface area contributed by atoms with Crippen LogP contribution in [0.3, 0.4) is 0 Å². The molecule has 2 amide bonds. The molecule has 3 rings (SSSR count). The summed E-state index contributed by atoms with van der Waals surface area (Å²) >= 11 is 0. The lowest BCUT2D eigenvalue weighted by Gasteiger charge is -2.33. The van der Waals surface area contributed by atoms with E-state index in [0.29, 0.717) is 11.3 Å². The highest BCUT2D eigenvalue weighted by Crippen LogP contribution is 2.39. The van der Waals surface area contributed by atoms with Crippen molar-refractivity contribution in [1.29, 1.82) is 0 Å². The van der Waals surface area contributed by atoms with E-state index in [-0.39, 0.29) is 30.3 Å². The molecule has 1 aliphatic carbocycles. The van der Waals surface area contributed by atoms with Crippen molar-refractivity contribution in [1.82, 2.24) is 4.90 Å². The van der Waals surface area contributed by atoms with Crippen LogP contribution >= 0.6 is 0 Å². The number of carbonyl (C=O) groups excluding carboxylic acids is 2. The van der Waals surface area contributed by atoms with Crippen LogP contribution in [0.15, 0.2) is 35.4 Å². The number of benzene rings is 1. The number of rotatable bonds is 4. The summed E-state index contributed by atoms with van der Waals surface area (Å²) in [6, 6.07) is 6.07. The largest absolute Gasteiger partial charge is 0.330 e. The third kappa shape index (κ3) is 3.21. The van der Waals surface area contributed by atoms with Gasteiger partial charge in [0.1, 0.15) is 5.82 Å². The second-order valence-corrected chi connectivity index (χ2v) is 6.81. The molecule has 1 aromatic carbocycles. The Bertz CT molecular complexity index is 696. The van der Waals surface area contributed by atoms with E-state index in [0.717, 1.165) is 31.3 Å². The van der Waals surface area contributed by atoms with E-state index < -0.39 is 5.82 Å². The van der Waals surface area contributed by atoms with Crippen molar-refractivity contribution in [3.8, 4) is 0 Å². The minimum absolute atomic E-state index is 0.0127. The summed E-state index contributed by atoms with van der Waals surface area (Å²) in [7, 11) is 0. The van der Waals surface area contributed by atoms with Gasteiger partial charge in [-0.3, -0.25) is 9.59 Å². The second kappa shape index (κ2) is 6.75. The molecule has 1 saturated carbocycles. The summed E-state index contributed by atoms with van der Waals surface area (Å²) < 4.78 is 13.2. The zero-order valence-corrected chi connectivity index (χ0v) is 14.1. The van der Waals surface area contributed by atoms with E-state index in [2.05, 4.69) is 5.32 Å².